The molecule has 1 fully saturated rings. The van der Waals surface area contributed by atoms with Gasteiger partial charge in [-0.15, -0.1) is 0 Å². The Hall–Kier alpha value is -3.26. The molecule has 0 radical (unpaired) electrons. The summed E-state index contributed by atoms with van der Waals surface area (Å²) in [6.45, 7) is 2.16. The number of hydrogen-bond acceptors (Lipinski definition) is 4. The van der Waals surface area contributed by atoms with E-state index in [0.717, 1.165) is 41.0 Å². The van der Waals surface area contributed by atoms with Crippen LogP contribution in [0.1, 0.15) is 55.0 Å². The summed E-state index contributed by atoms with van der Waals surface area (Å²) < 4.78 is 10.7. The van der Waals surface area contributed by atoms with Crippen LogP contribution in [0.4, 0.5) is 0 Å². The second-order valence-corrected chi connectivity index (χ2v) is 8.88. The molecule has 3 aromatic rings. The predicted molar refractivity (Wildman–Crippen MR) is 136 cm³/mol. The Morgan fingerprint density at radius 1 is 0.882 bits per heavy atom. The number of benzene rings is 3. The minimum Gasteiger partial charge on any atom is -0.497 e. The van der Waals surface area contributed by atoms with Crippen LogP contribution in [-0.4, -0.2) is 24.9 Å². The van der Waals surface area contributed by atoms with Crippen molar-refractivity contribution in [2.24, 2.45) is 5.92 Å². The van der Waals surface area contributed by atoms with Crippen LogP contribution < -0.4 is 14.8 Å². The van der Waals surface area contributed by atoms with Gasteiger partial charge in [-0.1, -0.05) is 67.6 Å². The van der Waals surface area contributed by atoms with Gasteiger partial charge in [0.05, 0.1) is 14.2 Å². The Labute approximate surface area is 202 Å². The highest BCUT2D eigenvalue weighted by Gasteiger charge is 2.47. The zero-order chi connectivity index (χ0) is 24.0. The molecule has 1 saturated heterocycles. The molecule has 4 nitrogen and oxygen atoms in total. The summed E-state index contributed by atoms with van der Waals surface area (Å²) in [5, 5.41) is 16.0. The molecule has 1 aliphatic heterocycles. The lowest BCUT2D eigenvalue weighted by Gasteiger charge is -2.46. The summed E-state index contributed by atoms with van der Waals surface area (Å²) in [6, 6.07) is 26.0. The standard InChI is InChI=1S/C30H33NO3/c1-4-8-27-29(24-13-17-26(34-3)18-14-24)31-28(23-11-15-25(33-2)16-12-23)21-30(27,32)20-19-22-9-6-5-7-10-22/h5-7,9-18,27-29,31-32H,4,8,21H2,1-3H3/t27-,28-,29+,30+/m1/s1. The average molecular weight is 456 g/mol. The van der Waals surface area contributed by atoms with E-state index in [1.54, 1.807) is 14.2 Å². The SMILES string of the molecule is CCC[C@@H]1[C@H](c2ccc(OC)cc2)N[C@@H](c2ccc(OC)cc2)C[C@@]1(O)C#Cc1ccccc1. The van der Waals surface area contributed by atoms with Gasteiger partial charge in [-0.3, -0.25) is 0 Å². The van der Waals surface area contributed by atoms with Gasteiger partial charge >= 0.3 is 0 Å². The van der Waals surface area contributed by atoms with E-state index in [1.165, 1.54) is 0 Å². The van der Waals surface area contributed by atoms with Crippen LogP contribution in [0.25, 0.3) is 0 Å². The maximum Gasteiger partial charge on any atom is 0.132 e. The Morgan fingerprint density at radius 2 is 1.47 bits per heavy atom. The molecule has 0 spiro atoms. The van der Waals surface area contributed by atoms with Crippen molar-refractivity contribution in [1.82, 2.24) is 5.32 Å². The van der Waals surface area contributed by atoms with Crippen molar-refractivity contribution in [1.29, 1.82) is 0 Å². The fourth-order valence-electron chi connectivity index (χ4n) is 4.88. The fourth-order valence-corrected chi connectivity index (χ4v) is 4.88. The molecule has 0 unspecified atom stereocenters. The van der Waals surface area contributed by atoms with E-state index in [4.69, 9.17) is 9.47 Å². The van der Waals surface area contributed by atoms with Crippen LogP contribution in [0.3, 0.4) is 0 Å². The minimum absolute atomic E-state index is 0.0539. The molecule has 0 aliphatic carbocycles. The summed E-state index contributed by atoms with van der Waals surface area (Å²) in [5.41, 5.74) is 1.99. The molecule has 2 N–H and O–H groups in total. The van der Waals surface area contributed by atoms with E-state index in [9.17, 15) is 5.11 Å². The first kappa shape index (κ1) is 23.9. The summed E-state index contributed by atoms with van der Waals surface area (Å²) in [7, 11) is 3.34. The zero-order valence-electron chi connectivity index (χ0n) is 20.1. The van der Waals surface area contributed by atoms with E-state index in [1.807, 2.05) is 54.6 Å². The van der Waals surface area contributed by atoms with Crippen LogP contribution in [-0.2, 0) is 0 Å². The number of aliphatic hydroxyl groups is 1. The normalized spacial score (nSPS) is 24.1. The minimum atomic E-state index is -1.15. The second-order valence-electron chi connectivity index (χ2n) is 8.88. The second kappa shape index (κ2) is 10.8. The lowest BCUT2D eigenvalue weighted by Crippen LogP contribution is -2.52. The van der Waals surface area contributed by atoms with Crippen molar-refractivity contribution < 1.29 is 14.6 Å². The molecule has 0 aromatic heterocycles. The molecule has 34 heavy (non-hydrogen) atoms. The van der Waals surface area contributed by atoms with Crippen molar-refractivity contribution in [3.63, 3.8) is 0 Å². The van der Waals surface area contributed by atoms with Crippen LogP contribution in [0.5, 0.6) is 11.5 Å². The van der Waals surface area contributed by atoms with Crippen molar-refractivity contribution in [2.75, 3.05) is 14.2 Å². The smallest absolute Gasteiger partial charge is 0.132 e. The number of ether oxygens (including phenoxy) is 2. The monoisotopic (exact) mass is 455 g/mol. The lowest BCUT2D eigenvalue weighted by atomic mass is 9.69. The average Bonchev–Trinajstić information content (AvgIpc) is 2.89. The first-order chi connectivity index (χ1) is 16.6. The number of rotatable bonds is 6. The molecule has 3 aromatic carbocycles. The largest absolute Gasteiger partial charge is 0.497 e. The van der Waals surface area contributed by atoms with E-state index in [2.05, 4.69) is 48.3 Å². The lowest BCUT2D eigenvalue weighted by molar-refractivity contribution is -0.0318. The first-order valence-electron chi connectivity index (χ1n) is 11.9. The Bertz CT molecular complexity index is 1120. The number of hydrogen-bond donors (Lipinski definition) is 2. The Morgan fingerprint density at radius 3 is 2.03 bits per heavy atom. The number of methoxy groups -OCH3 is 2. The molecule has 1 heterocycles. The predicted octanol–water partition coefficient (Wildman–Crippen LogP) is 5.68. The van der Waals surface area contributed by atoms with Crippen molar-refractivity contribution >= 4 is 0 Å². The van der Waals surface area contributed by atoms with Crippen molar-refractivity contribution in [2.45, 2.75) is 43.9 Å². The van der Waals surface area contributed by atoms with Crippen LogP contribution >= 0.6 is 0 Å². The van der Waals surface area contributed by atoms with Gasteiger partial charge in [0.15, 0.2) is 0 Å². The summed E-state index contributed by atoms with van der Waals surface area (Å²) in [4.78, 5) is 0. The first-order valence-corrected chi connectivity index (χ1v) is 11.9. The highest BCUT2D eigenvalue weighted by Crippen LogP contribution is 2.45. The molecule has 0 bridgehead atoms. The van der Waals surface area contributed by atoms with Gasteiger partial charge < -0.3 is 19.9 Å². The van der Waals surface area contributed by atoms with E-state index in [0.29, 0.717) is 6.42 Å². The molecule has 0 saturated carbocycles. The third-order valence-corrected chi connectivity index (χ3v) is 6.70. The number of piperidine rings is 1. The third-order valence-electron chi connectivity index (χ3n) is 6.70. The van der Waals surface area contributed by atoms with Crippen LogP contribution in [0, 0.1) is 17.8 Å². The summed E-state index contributed by atoms with van der Waals surface area (Å²) in [6.07, 6.45) is 2.33. The fraction of sp³-hybridized carbons (Fsp3) is 0.333. The highest BCUT2D eigenvalue weighted by molar-refractivity contribution is 5.39. The maximum atomic E-state index is 12.1. The van der Waals surface area contributed by atoms with E-state index < -0.39 is 5.60 Å². The van der Waals surface area contributed by atoms with Gasteiger partial charge in [-0.05, 0) is 53.9 Å². The van der Waals surface area contributed by atoms with Gasteiger partial charge in [0.2, 0.25) is 0 Å². The van der Waals surface area contributed by atoms with Gasteiger partial charge in [0, 0.05) is 30.0 Å². The van der Waals surface area contributed by atoms with Gasteiger partial charge in [0.25, 0.3) is 0 Å². The Balaban J connectivity index is 1.76. The van der Waals surface area contributed by atoms with Gasteiger partial charge in [0.1, 0.15) is 17.1 Å². The highest BCUT2D eigenvalue weighted by atomic mass is 16.5. The molecule has 1 aliphatic rings. The van der Waals surface area contributed by atoms with Crippen molar-refractivity contribution in [3.8, 4) is 23.3 Å². The van der Waals surface area contributed by atoms with E-state index >= 15 is 0 Å². The zero-order valence-corrected chi connectivity index (χ0v) is 20.1. The molecular formula is C30H33NO3. The summed E-state index contributed by atoms with van der Waals surface area (Å²) in [5.74, 6) is 8.14. The molecule has 4 rings (SSSR count). The van der Waals surface area contributed by atoms with E-state index in [-0.39, 0.29) is 18.0 Å². The molecule has 4 atom stereocenters. The number of nitrogens with one attached hydrogen (secondary N) is 1. The van der Waals surface area contributed by atoms with Crippen LogP contribution in [0.15, 0.2) is 78.9 Å². The van der Waals surface area contributed by atoms with Gasteiger partial charge in [-0.2, -0.15) is 0 Å². The molecular weight excluding hydrogens is 422 g/mol. The maximum absolute atomic E-state index is 12.1. The Kier molecular flexibility index (Phi) is 7.57. The van der Waals surface area contributed by atoms with Crippen LogP contribution in [0.2, 0.25) is 0 Å². The van der Waals surface area contributed by atoms with Crippen molar-refractivity contribution in [3.05, 3.63) is 95.6 Å². The molecule has 0 amide bonds. The van der Waals surface area contributed by atoms with Gasteiger partial charge in [-0.25, -0.2) is 0 Å². The quantitative estimate of drug-likeness (QED) is 0.470. The summed E-state index contributed by atoms with van der Waals surface area (Å²) >= 11 is 0. The molecule has 4 heteroatoms. The molecule has 176 valence electrons. The topological polar surface area (TPSA) is 50.7 Å². The third kappa shape index (κ3) is 5.28.